The maximum absolute atomic E-state index is 12.1. The van der Waals surface area contributed by atoms with Gasteiger partial charge in [-0.15, -0.1) is 0 Å². The first-order valence-electron chi connectivity index (χ1n) is 5.58. The minimum absolute atomic E-state index is 0.00925. The van der Waals surface area contributed by atoms with Crippen LogP contribution in [0.5, 0.6) is 0 Å². The molecule has 0 aliphatic heterocycles. The normalized spacial score (nSPS) is 14.2. The monoisotopic (exact) mass is 271 g/mol. The molecule has 0 fully saturated rings. The van der Waals surface area contributed by atoms with Crippen LogP contribution in [0.25, 0.3) is 0 Å². The number of halogens is 3. The Kier molecular flexibility index (Phi) is 6.45. The molecule has 1 atom stereocenters. The number of methoxy groups -OCH3 is 1. The number of ether oxygens (including phenoxy) is 2. The summed E-state index contributed by atoms with van der Waals surface area (Å²) in [6, 6.07) is -0.716. The van der Waals surface area contributed by atoms with Crippen LogP contribution in [0.1, 0.15) is 33.6 Å². The highest BCUT2D eigenvalue weighted by Crippen LogP contribution is 2.22. The molecule has 0 spiro atoms. The Morgan fingerprint density at radius 2 is 1.83 bits per heavy atom. The van der Waals surface area contributed by atoms with Crippen LogP contribution in [0, 0.1) is 0 Å². The fourth-order valence-corrected chi connectivity index (χ4v) is 1.21. The fraction of sp³-hybridized carbons (Fsp3) is 0.909. The van der Waals surface area contributed by atoms with E-state index in [9.17, 15) is 18.0 Å². The van der Waals surface area contributed by atoms with Crippen molar-refractivity contribution in [3.8, 4) is 0 Å². The Morgan fingerprint density at radius 1 is 1.28 bits per heavy atom. The van der Waals surface area contributed by atoms with Crippen LogP contribution >= 0.6 is 0 Å². The van der Waals surface area contributed by atoms with Crippen molar-refractivity contribution in [1.82, 2.24) is 5.32 Å². The van der Waals surface area contributed by atoms with Crippen LogP contribution in [0.4, 0.5) is 18.0 Å². The number of nitrogens with one attached hydrogen (secondary N) is 1. The summed E-state index contributed by atoms with van der Waals surface area (Å²) in [6.45, 7) is 5.03. The summed E-state index contributed by atoms with van der Waals surface area (Å²) in [5.41, 5.74) is -0.689. The van der Waals surface area contributed by atoms with E-state index in [1.165, 1.54) is 7.11 Å². The zero-order chi connectivity index (χ0) is 14.4. The van der Waals surface area contributed by atoms with Gasteiger partial charge in [0.25, 0.3) is 0 Å². The number of amides is 1. The van der Waals surface area contributed by atoms with Gasteiger partial charge >= 0.3 is 12.3 Å². The molecule has 1 amide bonds. The van der Waals surface area contributed by atoms with E-state index in [1.54, 1.807) is 20.8 Å². The predicted molar refractivity (Wildman–Crippen MR) is 60.3 cm³/mol. The molecule has 7 heteroatoms. The molecular formula is C11H20F3NO3. The summed E-state index contributed by atoms with van der Waals surface area (Å²) in [5.74, 6) is 0. The molecule has 0 heterocycles. The Balaban J connectivity index is 4.22. The van der Waals surface area contributed by atoms with Crippen molar-refractivity contribution in [2.75, 3.05) is 13.7 Å². The molecular weight excluding hydrogens is 251 g/mol. The molecule has 0 saturated carbocycles. The number of rotatable bonds is 5. The Hall–Kier alpha value is -0.980. The number of carbonyl (C=O) groups is 1. The molecule has 0 saturated heterocycles. The van der Waals surface area contributed by atoms with Gasteiger partial charge < -0.3 is 14.8 Å². The summed E-state index contributed by atoms with van der Waals surface area (Å²) in [7, 11) is 1.36. The quantitative estimate of drug-likeness (QED) is 0.836. The molecule has 4 nitrogen and oxygen atoms in total. The van der Waals surface area contributed by atoms with Crippen LogP contribution in [0.2, 0.25) is 0 Å². The van der Waals surface area contributed by atoms with Gasteiger partial charge in [-0.1, -0.05) is 0 Å². The number of alkyl carbamates (subject to hydrolysis) is 1. The van der Waals surface area contributed by atoms with E-state index in [0.29, 0.717) is 0 Å². The van der Waals surface area contributed by atoms with Crippen molar-refractivity contribution in [3.05, 3.63) is 0 Å². The molecule has 0 radical (unpaired) electrons. The van der Waals surface area contributed by atoms with Crippen LogP contribution in [0.3, 0.4) is 0 Å². The lowest BCUT2D eigenvalue weighted by Gasteiger charge is -2.23. The number of alkyl halides is 3. The lowest BCUT2D eigenvalue weighted by Crippen LogP contribution is -2.41. The molecule has 0 aliphatic rings. The summed E-state index contributed by atoms with van der Waals surface area (Å²) in [5, 5.41) is 2.36. The third-order valence-corrected chi connectivity index (χ3v) is 1.86. The van der Waals surface area contributed by atoms with Crippen molar-refractivity contribution in [1.29, 1.82) is 0 Å². The van der Waals surface area contributed by atoms with E-state index in [0.717, 1.165) is 0 Å². The van der Waals surface area contributed by atoms with Gasteiger partial charge in [0.2, 0.25) is 0 Å². The number of carbonyl (C=O) groups excluding carboxylic acids is 1. The molecule has 1 N–H and O–H groups in total. The van der Waals surface area contributed by atoms with E-state index in [1.807, 2.05) is 0 Å². The SMILES string of the molecule is COC[C@@H](CCC(F)(F)F)NC(=O)OC(C)(C)C. The van der Waals surface area contributed by atoms with Crippen molar-refractivity contribution in [2.45, 2.75) is 51.4 Å². The minimum atomic E-state index is -4.25. The smallest absolute Gasteiger partial charge is 0.407 e. The van der Waals surface area contributed by atoms with Gasteiger partial charge in [0, 0.05) is 13.5 Å². The lowest BCUT2D eigenvalue weighted by molar-refractivity contribution is -0.137. The van der Waals surface area contributed by atoms with E-state index in [-0.39, 0.29) is 13.0 Å². The molecule has 0 rings (SSSR count). The van der Waals surface area contributed by atoms with Gasteiger partial charge in [-0.25, -0.2) is 4.79 Å². The van der Waals surface area contributed by atoms with Crippen LogP contribution in [-0.2, 0) is 9.47 Å². The van der Waals surface area contributed by atoms with E-state index in [4.69, 9.17) is 9.47 Å². The van der Waals surface area contributed by atoms with Gasteiger partial charge in [0.1, 0.15) is 5.60 Å². The lowest BCUT2D eigenvalue weighted by atomic mass is 10.1. The Morgan fingerprint density at radius 3 is 2.22 bits per heavy atom. The van der Waals surface area contributed by atoms with Gasteiger partial charge in [-0.05, 0) is 27.2 Å². The average molecular weight is 271 g/mol. The summed E-state index contributed by atoms with van der Waals surface area (Å²) >= 11 is 0. The number of hydrogen-bond donors (Lipinski definition) is 1. The zero-order valence-electron chi connectivity index (χ0n) is 11.1. The van der Waals surface area contributed by atoms with Crippen molar-refractivity contribution in [3.63, 3.8) is 0 Å². The maximum Gasteiger partial charge on any atom is 0.407 e. The second kappa shape index (κ2) is 6.82. The Bertz CT molecular complexity index is 261. The first-order valence-corrected chi connectivity index (χ1v) is 5.58. The van der Waals surface area contributed by atoms with Gasteiger partial charge in [-0.3, -0.25) is 0 Å². The Labute approximate surface area is 105 Å². The molecule has 0 bridgehead atoms. The summed E-state index contributed by atoms with van der Waals surface area (Å²) < 4.78 is 46.0. The summed E-state index contributed by atoms with van der Waals surface area (Å²) in [6.07, 6.45) is -6.21. The fourth-order valence-electron chi connectivity index (χ4n) is 1.21. The summed E-state index contributed by atoms with van der Waals surface area (Å²) in [4.78, 5) is 11.4. The van der Waals surface area contributed by atoms with E-state index in [2.05, 4.69) is 5.32 Å². The minimum Gasteiger partial charge on any atom is -0.444 e. The van der Waals surface area contributed by atoms with Crippen molar-refractivity contribution < 1.29 is 27.4 Å². The van der Waals surface area contributed by atoms with Crippen LogP contribution in [-0.4, -0.2) is 37.6 Å². The maximum atomic E-state index is 12.1. The third kappa shape index (κ3) is 10.2. The van der Waals surface area contributed by atoms with Gasteiger partial charge in [0.05, 0.1) is 12.6 Å². The highest BCUT2D eigenvalue weighted by molar-refractivity contribution is 5.68. The molecule has 18 heavy (non-hydrogen) atoms. The van der Waals surface area contributed by atoms with E-state index >= 15 is 0 Å². The van der Waals surface area contributed by atoms with Gasteiger partial charge in [-0.2, -0.15) is 13.2 Å². The molecule has 0 unspecified atom stereocenters. The first kappa shape index (κ1) is 17.0. The van der Waals surface area contributed by atoms with Crippen LogP contribution in [0.15, 0.2) is 0 Å². The topological polar surface area (TPSA) is 47.6 Å². The molecule has 0 aliphatic carbocycles. The van der Waals surface area contributed by atoms with Crippen molar-refractivity contribution >= 4 is 6.09 Å². The second-order valence-electron chi connectivity index (χ2n) is 4.95. The second-order valence-corrected chi connectivity index (χ2v) is 4.95. The molecule has 0 aromatic carbocycles. The third-order valence-electron chi connectivity index (χ3n) is 1.86. The highest BCUT2D eigenvalue weighted by Gasteiger charge is 2.29. The largest absolute Gasteiger partial charge is 0.444 e. The van der Waals surface area contributed by atoms with E-state index < -0.39 is 30.3 Å². The predicted octanol–water partition coefficient (Wildman–Crippen LogP) is 2.87. The highest BCUT2D eigenvalue weighted by atomic mass is 19.4. The molecule has 108 valence electrons. The van der Waals surface area contributed by atoms with Crippen molar-refractivity contribution in [2.24, 2.45) is 0 Å². The zero-order valence-corrected chi connectivity index (χ0v) is 11.1. The first-order chi connectivity index (χ1) is 8.03. The molecule has 0 aromatic heterocycles. The molecule has 0 aromatic rings. The average Bonchev–Trinajstić information content (AvgIpc) is 2.10. The van der Waals surface area contributed by atoms with Crippen LogP contribution < -0.4 is 5.32 Å². The van der Waals surface area contributed by atoms with Gasteiger partial charge in [0.15, 0.2) is 0 Å². The number of hydrogen-bond acceptors (Lipinski definition) is 3. The standard InChI is InChI=1S/C11H20F3NO3/c1-10(2,3)18-9(16)15-8(7-17-4)5-6-11(12,13)14/h8H,5-7H2,1-4H3,(H,15,16)/t8-/m1/s1.